The van der Waals surface area contributed by atoms with Crippen LogP contribution < -0.4 is 5.32 Å². The van der Waals surface area contributed by atoms with Crippen molar-refractivity contribution in [3.63, 3.8) is 0 Å². The second-order valence-corrected chi connectivity index (χ2v) is 5.18. The molecule has 0 aliphatic carbocycles. The maximum Gasteiger partial charge on any atom is 0.135 e. The number of anilines is 2. The first-order chi connectivity index (χ1) is 8.58. The zero-order valence-corrected chi connectivity index (χ0v) is 12.5. The molecule has 2 rings (SSSR count). The molecule has 2 aromatic rings. The molecule has 94 valence electrons. The Hall–Kier alpha value is -1.13. The van der Waals surface area contributed by atoms with Crippen molar-refractivity contribution >= 4 is 39.0 Å². The van der Waals surface area contributed by atoms with Gasteiger partial charge in [-0.3, -0.25) is 0 Å². The van der Waals surface area contributed by atoms with Gasteiger partial charge in [0.25, 0.3) is 0 Å². The Labute approximate surface area is 120 Å². The molecule has 1 N–H and O–H groups in total. The van der Waals surface area contributed by atoms with Crippen LogP contribution in [0.3, 0.4) is 0 Å². The Morgan fingerprint density at radius 1 is 1.28 bits per heavy atom. The SMILES string of the molecule is CCc1nc(Cl)cc(Nc2ccc(Br)c(C)c2)n1. The highest BCUT2D eigenvalue weighted by Crippen LogP contribution is 2.23. The molecule has 0 bridgehead atoms. The molecule has 1 aromatic heterocycles. The third-order valence-electron chi connectivity index (χ3n) is 2.49. The molecule has 1 aromatic carbocycles. The molecule has 1 heterocycles. The maximum absolute atomic E-state index is 5.95. The van der Waals surface area contributed by atoms with Gasteiger partial charge in [0.1, 0.15) is 16.8 Å². The van der Waals surface area contributed by atoms with Crippen LogP contribution >= 0.6 is 27.5 Å². The smallest absolute Gasteiger partial charge is 0.135 e. The number of benzene rings is 1. The van der Waals surface area contributed by atoms with E-state index in [0.29, 0.717) is 11.0 Å². The van der Waals surface area contributed by atoms with Gasteiger partial charge in [0.05, 0.1) is 0 Å². The van der Waals surface area contributed by atoms with Crippen molar-refractivity contribution in [3.05, 3.63) is 45.3 Å². The van der Waals surface area contributed by atoms with Crippen LogP contribution in [0, 0.1) is 6.92 Å². The predicted molar refractivity (Wildman–Crippen MR) is 78.6 cm³/mol. The van der Waals surface area contributed by atoms with E-state index in [1.165, 1.54) is 0 Å². The molecule has 18 heavy (non-hydrogen) atoms. The number of hydrogen-bond acceptors (Lipinski definition) is 3. The lowest BCUT2D eigenvalue weighted by molar-refractivity contribution is 0.943. The molecule has 0 aliphatic heterocycles. The number of hydrogen-bond donors (Lipinski definition) is 1. The average Bonchev–Trinajstić information content (AvgIpc) is 2.33. The number of nitrogens with one attached hydrogen (secondary N) is 1. The van der Waals surface area contributed by atoms with Crippen molar-refractivity contribution in [2.45, 2.75) is 20.3 Å². The summed E-state index contributed by atoms with van der Waals surface area (Å²) in [6.07, 6.45) is 0.759. The lowest BCUT2D eigenvalue weighted by atomic mass is 10.2. The van der Waals surface area contributed by atoms with Gasteiger partial charge in [0, 0.05) is 22.6 Å². The average molecular weight is 327 g/mol. The van der Waals surface area contributed by atoms with Gasteiger partial charge in [0.2, 0.25) is 0 Å². The summed E-state index contributed by atoms with van der Waals surface area (Å²) in [6.45, 7) is 4.04. The Balaban J connectivity index is 2.27. The van der Waals surface area contributed by atoms with Crippen LogP contribution in [0.1, 0.15) is 18.3 Å². The molecule has 0 fully saturated rings. The Morgan fingerprint density at radius 3 is 2.72 bits per heavy atom. The van der Waals surface area contributed by atoms with E-state index in [2.05, 4.69) is 31.2 Å². The number of aryl methyl sites for hydroxylation is 2. The van der Waals surface area contributed by atoms with Crippen molar-refractivity contribution in [3.8, 4) is 0 Å². The fraction of sp³-hybridized carbons (Fsp3) is 0.231. The van der Waals surface area contributed by atoms with E-state index in [9.17, 15) is 0 Å². The minimum atomic E-state index is 0.457. The summed E-state index contributed by atoms with van der Waals surface area (Å²) in [5.41, 5.74) is 2.14. The van der Waals surface area contributed by atoms with Gasteiger partial charge < -0.3 is 5.32 Å². The Kier molecular flexibility index (Phi) is 4.19. The molecule has 0 atom stereocenters. The first kappa shape index (κ1) is 13.3. The second kappa shape index (κ2) is 5.67. The van der Waals surface area contributed by atoms with E-state index in [1.807, 2.05) is 32.0 Å². The summed E-state index contributed by atoms with van der Waals surface area (Å²) in [6, 6.07) is 7.75. The lowest BCUT2D eigenvalue weighted by Crippen LogP contribution is -1.99. The molecule has 0 saturated heterocycles. The summed E-state index contributed by atoms with van der Waals surface area (Å²) in [5, 5.41) is 3.69. The zero-order chi connectivity index (χ0) is 13.1. The van der Waals surface area contributed by atoms with Gasteiger partial charge in [-0.25, -0.2) is 9.97 Å². The summed E-state index contributed by atoms with van der Waals surface area (Å²) in [5.74, 6) is 1.45. The monoisotopic (exact) mass is 325 g/mol. The summed E-state index contributed by atoms with van der Waals surface area (Å²) >= 11 is 9.43. The van der Waals surface area contributed by atoms with Crippen molar-refractivity contribution in [2.24, 2.45) is 0 Å². The van der Waals surface area contributed by atoms with E-state index in [-0.39, 0.29) is 0 Å². The van der Waals surface area contributed by atoms with Gasteiger partial charge in [-0.15, -0.1) is 0 Å². The lowest BCUT2D eigenvalue weighted by Gasteiger charge is -2.08. The Bertz CT molecular complexity index is 572. The Morgan fingerprint density at radius 2 is 2.06 bits per heavy atom. The summed E-state index contributed by atoms with van der Waals surface area (Å²) in [7, 11) is 0. The van der Waals surface area contributed by atoms with Gasteiger partial charge >= 0.3 is 0 Å². The molecular formula is C13H13BrClN3. The van der Waals surface area contributed by atoms with E-state index < -0.39 is 0 Å². The largest absolute Gasteiger partial charge is 0.340 e. The molecule has 0 saturated carbocycles. The van der Waals surface area contributed by atoms with E-state index >= 15 is 0 Å². The van der Waals surface area contributed by atoms with Crippen molar-refractivity contribution in [1.29, 1.82) is 0 Å². The molecule has 3 nitrogen and oxygen atoms in total. The first-order valence-electron chi connectivity index (χ1n) is 5.65. The number of nitrogens with zero attached hydrogens (tertiary/aromatic N) is 2. The van der Waals surface area contributed by atoms with E-state index in [4.69, 9.17) is 11.6 Å². The topological polar surface area (TPSA) is 37.8 Å². The van der Waals surface area contributed by atoms with E-state index in [0.717, 1.165) is 28.0 Å². The third-order valence-corrected chi connectivity index (χ3v) is 3.57. The van der Waals surface area contributed by atoms with Crippen LogP contribution in [-0.4, -0.2) is 9.97 Å². The second-order valence-electron chi connectivity index (χ2n) is 3.93. The highest BCUT2D eigenvalue weighted by molar-refractivity contribution is 9.10. The van der Waals surface area contributed by atoms with Gasteiger partial charge in [0.15, 0.2) is 0 Å². The van der Waals surface area contributed by atoms with Gasteiger partial charge in [-0.1, -0.05) is 34.5 Å². The van der Waals surface area contributed by atoms with Crippen LogP contribution in [-0.2, 0) is 6.42 Å². The van der Waals surface area contributed by atoms with Crippen molar-refractivity contribution in [2.75, 3.05) is 5.32 Å². The van der Waals surface area contributed by atoms with Crippen LogP contribution in [0.25, 0.3) is 0 Å². The molecule has 5 heteroatoms. The number of halogens is 2. The summed E-state index contributed by atoms with van der Waals surface area (Å²) < 4.78 is 1.09. The molecule has 0 amide bonds. The molecular weight excluding hydrogens is 314 g/mol. The minimum Gasteiger partial charge on any atom is -0.340 e. The molecule has 0 spiro atoms. The summed E-state index contributed by atoms with van der Waals surface area (Å²) in [4.78, 5) is 8.51. The van der Waals surface area contributed by atoms with Gasteiger partial charge in [-0.2, -0.15) is 0 Å². The first-order valence-corrected chi connectivity index (χ1v) is 6.82. The predicted octanol–water partition coefficient (Wildman–Crippen LogP) is 4.51. The fourth-order valence-corrected chi connectivity index (χ4v) is 2.00. The van der Waals surface area contributed by atoms with Crippen molar-refractivity contribution in [1.82, 2.24) is 9.97 Å². The quantitative estimate of drug-likeness (QED) is 0.843. The van der Waals surface area contributed by atoms with Gasteiger partial charge in [-0.05, 0) is 30.7 Å². The molecule has 0 radical (unpaired) electrons. The van der Waals surface area contributed by atoms with Crippen LogP contribution in [0.5, 0.6) is 0 Å². The normalized spacial score (nSPS) is 10.4. The molecule has 0 aliphatic rings. The van der Waals surface area contributed by atoms with Crippen LogP contribution in [0.15, 0.2) is 28.7 Å². The highest BCUT2D eigenvalue weighted by Gasteiger charge is 2.03. The minimum absolute atomic E-state index is 0.457. The third kappa shape index (κ3) is 3.21. The number of aromatic nitrogens is 2. The highest BCUT2D eigenvalue weighted by atomic mass is 79.9. The molecule has 0 unspecified atom stereocenters. The fourth-order valence-electron chi connectivity index (χ4n) is 1.56. The standard InChI is InChI=1S/C13H13BrClN3/c1-3-12-17-11(15)7-13(18-12)16-9-4-5-10(14)8(2)6-9/h4-7H,3H2,1-2H3,(H,16,17,18). The van der Waals surface area contributed by atoms with Crippen LogP contribution in [0.2, 0.25) is 5.15 Å². The van der Waals surface area contributed by atoms with Crippen LogP contribution in [0.4, 0.5) is 11.5 Å². The maximum atomic E-state index is 5.95. The van der Waals surface area contributed by atoms with Crippen molar-refractivity contribution < 1.29 is 0 Å². The number of rotatable bonds is 3. The zero-order valence-electron chi connectivity index (χ0n) is 10.2. The van der Waals surface area contributed by atoms with E-state index in [1.54, 1.807) is 6.07 Å².